The summed E-state index contributed by atoms with van der Waals surface area (Å²) in [5, 5.41) is 10.9. The third-order valence-corrected chi connectivity index (χ3v) is 4.68. The molecule has 0 radical (unpaired) electrons. The molecule has 0 atom stereocenters. The maximum absolute atomic E-state index is 13.2. The quantitative estimate of drug-likeness (QED) is 0.495. The lowest BCUT2D eigenvalue weighted by atomic mass is 10.2. The molecule has 0 fully saturated rings. The highest BCUT2D eigenvalue weighted by atomic mass is 16.5. The van der Waals surface area contributed by atoms with E-state index < -0.39 is 11.2 Å². The van der Waals surface area contributed by atoms with Crippen molar-refractivity contribution in [3.63, 3.8) is 0 Å². The molecule has 162 valence electrons. The van der Waals surface area contributed by atoms with Gasteiger partial charge in [0.25, 0.3) is 5.88 Å². The minimum absolute atomic E-state index is 0.0291. The summed E-state index contributed by atoms with van der Waals surface area (Å²) in [6.45, 7) is 1.42. The fourth-order valence-electron chi connectivity index (χ4n) is 3.21. The molecule has 2 heterocycles. The Balaban J connectivity index is 1.74. The molecule has 2 aromatic carbocycles. The van der Waals surface area contributed by atoms with Crippen molar-refractivity contribution in [1.82, 2.24) is 24.1 Å². The Morgan fingerprint density at radius 1 is 1.06 bits per heavy atom. The Hall–Kier alpha value is -4.47. The van der Waals surface area contributed by atoms with Gasteiger partial charge in [0, 0.05) is 25.0 Å². The number of nitrogens with zero attached hydrogens (tertiary/aromatic N) is 5. The Bertz CT molecular complexity index is 1370. The van der Waals surface area contributed by atoms with E-state index in [9.17, 15) is 14.4 Å². The molecule has 0 spiro atoms. The summed E-state index contributed by atoms with van der Waals surface area (Å²) in [6, 6.07) is 15.7. The van der Waals surface area contributed by atoms with Crippen LogP contribution in [0.1, 0.15) is 12.5 Å². The average molecular weight is 432 g/mol. The molecule has 0 saturated heterocycles. The van der Waals surface area contributed by atoms with Crippen molar-refractivity contribution < 1.29 is 9.53 Å². The van der Waals surface area contributed by atoms with Crippen molar-refractivity contribution in [2.45, 2.75) is 13.5 Å². The van der Waals surface area contributed by atoms with Crippen molar-refractivity contribution >= 4 is 11.6 Å². The summed E-state index contributed by atoms with van der Waals surface area (Å²) in [5.41, 5.74) is 1.20. The normalized spacial score (nSPS) is 10.7. The largest absolute Gasteiger partial charge is 0.476 e. The minimum atomic E-state index is -0.636. The number of benzene rings is 2. The molecule has 0 aliphatic heterocycles. The van der Waals surface area contributed by atoms with Gasteiger partial charge < -0.3 is 10.1 Å². The van der Waals surface area contributed by atoms with E-state index in [1.165, 1.54) is 14.0 Å². The second-order valence-corrected chi connectivity index (χ2v) is 6.94. The van der Waals surface area contributed by atoms with Gasteiger partial charge >= 0.3 is 11.2 Å². The van der Waals surface area contributed by atoms with E-state index in [1.807, 2.05) is 36.5 Å². The highest BCUT2D eigenvalue weighted by Gasteiger charge is 2.16. The van der Waals surface area contributed by atoms with Crippen LogP contribution in [0, 0.1) is 0 Å². The third-order valence-electron chi connectivity index (χ3n) is 4.68. The number of aromatic nitrogens is 5. The van der Waals surface area contributed by atoms with Crippen molar-refractivity contribution in [2.24, 2.45) is 0 Å². The van der Waals surface area contributed by atoms with Gasteiger partial charge in [-0.3, -0.25) is 9.59 Å². The molecule has 0 aliphatic rings. The van der Waals surface area contributed by atoms with Crippen molar-refractivity contribution in [1.29, 1.82) is 0 Å². The Labute approximate surface area is 182 Å². The summed E-state index contributed by atoms with van der Waals surface area (Å²) in [6.07, 6.45) is 3.50. The predicted molar refractivity (Wildman–Crippen MR) is 118 cm³/mol. The zero-order valence-corrected chi connectivity index (χ0v) is 17.4. The number of carbonyl (C=O) groups excluding carboxylic acids is 1. The molecule has 1 amide bonds. The molecule has 32 heavy (non-hydrogen) atoms. The number of carbonyl (C=O) groups is 1. The van der Waals surface area contributed by atoms with Crippen LogP contribution in [0.4, 0.5) is 5.69 Å². The average Bonchev–Trinajstić information content (AvgIpc) is 3.32. The molecule has 1 N–H and O–H groups in total. The number of rotatable bonds is 6. The minimum Gasteiger partial charge on any atom is -0.476 e. The molecular weight excluding hydrogens is 412 g/mol. The van der Waals surface area contributed by atoms with Gasteiger partial charge in [0.1, 0.15) is 0 Å². The highest BCUT2D eigenvalue weighted by Crippen LogP contribution is 2.14. The summed E-state index contributed by atoms with van der Waals surface area (Å²) >= 11 is 0. The fourth-order valence-corrected chi connectivity index (χ4v) is 3.21. The highest BCUT2D eigenvalue weighted by molar-refractivity contribution is 5.88. The number of hydrogen-bond acceptors (Lipinski definition) is 6. The van der Waals surface area contributed by atoms with Gasteiger partial charge in [-0.05, 0) is 42.0 Å². The molecular formula is C22H20N6O4. The first-order chi connectivity index (χ1) is 15.5. The van der Waals surface area contributed by atoms with Crippen LogP contribution in [0.2, 0.25) is 0 Å². The van der Waals surface area contributed by atoms with E-state index in [2.05, 4.69) is 15.5 Å². The lowest BCUT2D eigenvalue weighted by molar-refractivity contribution is -0.114. The van der Waals surface area contributed by atoms with Gasteiger partial charge in [-0.1, -0.05) is 18.2 Å². The molecule has 10 heteroatoms. The number of hydrogen-bond donors (Lipinski definition) is 1. The summed E-state index contributed by atoms with van der Waals surface area (Å²) in [7, 11) is 1.31. The first kappa shape index (κ1) is 20.8. The van der Waals surface area contributed by atoms with E-state index in [1.54, 1.807) is 35.1 Å². The van der Waals surface area contributed by atoms with E-state index >= 15 is 0 Å². The van der Waals surface area contributed by atoms with Gasteiger partial charge in [-0.2, -0.15) is 9.78 Å². The predicted octanol–water partition coefficient (Wildman–Crippen LogP) is 1.60. The van der Waals surface area contributed by atoms with Crippen LogP contribution in [-0.2, 0) is 11.3 Å². The summed E-state index contributed by atoms with van der Waals surface area (Å²) in [5.74, 6) is -0.466. The Kier molecular flexibility index (Phi) is 5.67. The Morgan fingerprint density at radius 2 is 1.84 bits per heavy atom. The zero-order chi connectivity index (χ0) is 22.7. The van der Waals surface area contributed by atoms with Crippen molar-refractivity contribution in [3.05, 3.63) is 93.4 Å². The van der Waals surface area contributed by atoms with E-state index in [0.717, 1.165) is 20.5 Å². The maximum atomic E-state index is 13.2. The Morgan fingerprint density at radius 3 is 2.50 bits per heavy atom. The molecule has 4 rings (SSSR count). The zero-order valence-electron chi connectivity index (χ0n) is 17.4. The maximum Gasteiger partial charge on any atom is 0.352 e. The summed E-state index contributed by atoms with van der Waals surface area (Å²) < 4.78 is 8.96. The van der Waals surface area contributed by atoms with Crippen LogP contribution >= 0.6 is 0 Å². The molecule has 4 aromatic rings. The van der Waals surface area contributed by atoms with Crippen molar-refractivity contribution in [2.75, 3.05) is 12.4 Å². The monoisotopic (exact) mass is 432 g/mol. The second kappa shape index (κ2) is 8.72. The summed E-state index contributed by atoms with van der Waals surface area (Å²) in [4.78, 5) is 37.3. The number of nitrogens with one attached hydrogen (secondary N) is 1. The molecule has 0 bridgehead atoms. The van der Waals surface area contributed by atoms with E-state index in [0.29, 0.717) is 11.4 Å². The number of methoxy groups -OCH3 is 1. The molecule has 0 unspecified atom stereocenters. The standard InChI is InChI=1S/C22H20N6O4/c1-15(29)24-17-5-3-6-19(13-17)28-22(31)26(21(30)20(25-28)32-2)14-16-7-9-18(10-8-16)27-12-4-11-23-27/h3-13H,14H2,1-2H3,(H,24,29). The number of amides is 1. The van der Waals surface area contributed by atoms with Gasteiger partial charge in [0.05, 0.1) is 25.0 Å². The third kappa shape index (κ3) is 4.19. The smallest absolute Gasteiger partial charge is 0.352 e. The van der Waals surface area contributed by atoms with Gasteiger partial charge in [-0.15, -0.1) is 5.10 Å². The molecule has 0 saturated carbocycles. The van der Waals surface area contributed by atoms with Crippen LogP contribution in [0.25, 0.3) is 11.4 Å². The van der Waals surface area contributed by atoms with Crippen LogP contribution in [0.5, 0.6) is 5.88 Å². The van der Waals surface area contributed by atoms with Gasteiger partial charge in [0.15, 0.2) is 0 Å². The topological polar surface area (TPSA) is 113 Å². The van der Waals surface area contributed by atoms with Gasteiger partial charge in [-0.25, -0.2) is 14.0 Å². The lowest BCUT2D eigenvalue weighted by Crippen LogP contribution is -2.41. The van der Waals surface area contributed by atoms with E-state index in [-0.39, 0.29) is 18.3 Å². The lowest BCUT2D eigenvalue weighted by Gasteiger charge is -2.12. The molecule has 0 aliphatic carbocycles. The first-order valence-electron chi connectivity index (χ1n) is 9.71. The fraction of sp³-hybridized carbons (Fsp3) is 0.136. The number of anilines is 1. The van der Waals surface area contributed by atoms with Crippen LogP contribution in [0.3, 0.4) is 0 Å². The van der Waals surface area contributed by atoms with Crippen LogP contribution in [-0.4, -0.2) is 37.1 Å². The first-order valence-corrected chi connectivity index (χ1v) is 9.71. The molecule has 2 aromatic heterocycles. The van der Waals surface area contributed by atoms with E-state index in [4.69, 9.17) is 4.74 Å². The van der Waals surface area contributed by atoms with Crippen LogP contribution in [0.15, 0.2) is 76.6 Å². The number of ether oxygens (including phenoxy) is 1. The van der Waals surface area contributed by atoms with Crippen molar-refractivity contribution in [3.8, 4) is 17.3 Å². The molecule has 10 nitrogen and oxygen atoms in total. The second-order valence-electron chi connectivity index (χ2n) is 6.94. The SMILES string of the molecule is COc1nn(-c2cccc(NC(C)=O)c2)c(=O)n(Cc2ccc(-n3cccn3)cc2)c1=O. The van der Waals surface area contributed by atoms with Crippen LogP contribution < -0.4 is 21.3 Å². The van der Waals surface area contributed by atoms with Gasteiger partial charge in [0.2, 0.25) is 5.91 Å².